The molecule has 1 aliphatic carbocycles. The summed E-state index contributed by atoms with van der Waals surface area (Å²) < 4.78 is 4.17. The lowest BCUT2D eigenvalue weighted by molar-refractivity contribution is 0.520. The van der Waals surface area contributed by atoms with Crippen LogP contribution in [-0.2, 0) is 6.42 Å². The van der Waals surface area contributed by atoms with Crippen LogP contribution in [-0.4, -0.2) is 16.6 Å². The van der Waals surface area contributed by atoms with Gasteiger partial charge in [0.2, 0.25) is 0 Å². The predicted molar refractivity (Wildman–Crippen MR) is 83.0 cm³/mol. The maximum atomic E-state index is 4.31. The summed E-state index contributed by atoms with van der Waals surface area (Å²) in [5, 5.41) is 7.81. The Morgan fingerprint density at radius 3 is 2.85 bits per heavy atom. The topological polar surface area (TPSA) is 37.8 Å². The van der Waals surface area contributed by atoms with E-state index in [9.17, 15) is 0 Å². The minimum absolute atomic E-state index is 0.404. The molecule has 0 spiro atoms. The van der Waals surface area contributed by atoms with Gasteiger partial charge in [-0.05, 0) is 48.8 Å². The Kier molecular flexibility index (Phi) is 4.13. The van der Waals surface area contributed by atoms with Crippen molar-refractivity contribution in [1.82, 2.24) is 14.9 Å². The molecule has 3 unspecified atom stereocenters. The minimum atomic E-state index is 0.404. The van der Waals surface area contributed by atoms with Gasteiger partial charge in [0.25, 0.3) is 0 Å². The van der Waals surface area contributed by atoms with Gasteiger partial charge in [-0.15, -0.1) is 5.10 Å². The second-order valence-corrected chi connectivity index (χ2v) is 6.30. The van der Waals surface area contributed by atoms with Gasteiger partial charge in [-0.1, -0.05) is 48.2 Å². The molecule has 0 bridgehead atoms. The molecule has 1 fully saturated rings. The molecule has 3 rings (SSSR count). The molecule has 0 amide bonds. The van der Waals surface area contributed by atoms with Gasteiger partial charge >= 0.3 is 0 Å². The van der Waals surface area contributed by atoms with Crippen molar-refractivity contribution in [2.45, 2.75) is 38.1 Å². The Hall–Kier alpha value is -1.26. The van der Waals surface area contributed by atoms with Gasteiger partial charge in [0.05, 0.1) is 10.6 Å². The standard InChI is InChI=1S/C16H21N3S/c1-3-7-14-16(20-19-18-14)15(17-2)13-10-12(13)11-8-5-4-6-9-11/h4-6,8-9,12-13,15,17H,3,7,10H2,1-2H3. The largest absolute Gasteiger partial charge is 0.312 e. The summed E-state index contributed by atoms with van der Waals surface area (Å²) in [5.41, 5.74) is 2.66. The fourth-order valence-electron chi connectivity index (χ4n) is 3.07. The highest BCUT2D eigenvalue weighted by Crippen LogP contribution is 2.54. The molecular formula is C16H21N3S. The monoisotopic (exact) mass is 287 g/mol. The molecular weight excluding hydrogens is 266 g/mol. The number of nitrogens with one attached hydrogen (secondary N) is 1. The Labute approximate surface area is 124 Å². The van der Waals surface area contributed by atoms with Crippen molar-refractivity contribution in [3.63, 3.8) is 0 Å². The van der Waals surface area contributed by atoms with Crippen molar-refractivity contribution < 1.29 is 0 Å². The first-order valence-electron chi connectivity index (χ1n) is 7.38. The van der Waals surface area contributed by atoms with Crippen molar-refractivity contribution in [2.24, 2.45) is 5.92 Å². The Balaban J connectivity index is 1.77. The van der Waals surface area contributed by atoms with Crippen LogP contribution in [0, 0.1) is 5.92 Å². The summed E-state index contributed by atoms with van der Waals surface area (Å²) in [6, 6.07) is 11.3. The van der Waals surface area contributed by atoms with E-state index in [2.05, 4.69) is 59.2 Å². The fourth-order valence-corrected chi connectivity index (χ4v) is 3.95. The zero-order valence-corrected chi connectivity index (χ0v) is 12.9. The molecule has 3 atom stereocenters. The summed E-state index contributed by atoms with van der Waals surface area (Å²) in [5.74, 6) is 1.37. The number of rotatable bonds is 6. The van der Waals surface area contributed by atoms with Crippen LogP contribution in [0.5, 0.6) is 0 Å². The van der Waals surface area contributed by atoms with Crippen LogP contribution in [0.1, 0.15) is 47.9 Å². The number of aromatic nitrogens is 2. The fraction of sp³-hybridized carbons (Fsp3) is 0.500. The van der Waals surface area contributed by atoms with Crippen molar-refractivity contribution in [2.75, 3.05) is 7.05 Å². The van der Waals surface area contributed by atoms with Gasteiger partial charge in [-0.25, -0.2) is 0 Å². The molecule has 2 aromatic rings. The number of nitrogens with zero attached hydrogens (tertiary/aromatic N) is 2. The molecule has 3 nitrogen and oxygen atoms in total. The van der Waals surface area contributed by atoms with E-state index in [1.807, 2.05) is 0 Å². The van der Waals surface area contributed by atoms with Crippen LogP contribution in [0.4, 0.5) is 0 Å². The molecule has 1 heterocycles. The maximum Gasteiger partial charge on any atom is 0.0803 e. The zero-order chi connectivity index (χ0) is 13.9. The molecule has 0 radical (unpaired) electrons. The average molecular weight is 287 g/mol. The van der Waals surface area contributed by atoms with E-state index in [-0.39, 0.29) is 0 Å². The second kappa shape index (κ2) is 6.02. The molecule has 1 aromatic heterocycles. The maximum absolute atomic E-state index is 4.31. The van der Waals surface area contributed by atoms with Crippen LogP contribution >= 0.6 is 11.5 Å². The Morgan fingerprint density at radius 2 is 2.15 bits per heavy atom. The summed E-state index contributed by atoms with van der Waals surface area (Å²) in [4.78, 5) is 1.35. The van der Waals surface area contributed by atoms with Crippen molar-refractivity contribution >= 4 is 11.5 Å². The third kappa shape index (κ3) is 2.63. The van der Waals surface area contributed by atoms with E-state index in [0.717, 1.165) is 12.8 Å². The van der Waals surface area contributed by atoms with Gasteiger partial charge in [-0.2, -0.15) is 0 Å². The van der Waals surface area contributed by atoms with Gasteiger partial charge in [0.1, 0.15) is 0 Å². The SMILES string of the molecule is CCCc1nnsc1C(NC)C1CC1c1ccccc1. The number of hydrogen-bond acceptors (Lipinski definition) is 4. The molecule has 1 aromatic carbocycles. The lowest BCUT2D eigenvalue weighted by Gasteiger charge is -2.15. The highest BCUT2D eigenvalue weighted by molar-refractivity contribution is 7.05. The molecule has 4 heteroatoms. The predicted octanol–water partition coefficient (Wildman–Crippen LogP) is 3.55. The van der Waals surface area contributed by atoms with E-state index >= 15 is 0 Å². The average Bonchev–Trinajstić information content (AvgIpc) is 3.14. The Bertz CT molecular complexity index is 552. The molecule has 20 heavy (non-hydrogen) atoms. The van der Waals surface area contributed by atoms with Crippen LogP contribution in [0.3, 0.4) is 0 Å². The molecule has 1 aliphatic rings. The van der Waals surface area contributed by atoms with E-state index in [1.54, 1.807) is 11.5 Å². The first-order valence-corrected chi connectivity index (χ1v) is 8.15. The highest BCUT2D eigenvalue weighted by atomic mass is 32.1. The summed E-state index contributed by atoms with van der Waals surface area (Å²) >= 11 is 1.56. The van der Waals surface area contributed by atoms with Crippen LogP contribution < -0.4 is 5.32 Å². The molecule has 1 saturated carbocycles. The van der Waals surface area contributed by atoms with Gasteiger partial charge in [-0.3, -0.25) is 0 Å². The lowest BCUT2D eigenvalue weighted by Crippen LogP contribution is -2.19. The third-order valence-corrected chi connectivity index (χ3v) is 5.01. The smallest absolute Gasteiger partial charge is 0.0803 e. The highest BCUT2D eigenvalue weighted by Gasteiger charge is 2.45. The second-order valence-electron chi connectivity index (χ2n) is 5.52. The van der Waals surface area contributed by atoms with Gasteiger partial charge in [0, 0.05) is 6.04 Å². The number of aryl methyl sites for hydroxylation is 1. The molecule has 0 saturated heterocycles. The van der Waals surface area contributed by atoms with Crippen molar-refractivity contribution in [3.8, 4) is 0 Å². The first kappa shape index (κ1) is 13.7. The first-order chi connectivity index (χ1) is 9.85. The van der Waals surface area contributed by atoms with E-state index in [4.69, 9.17) is 0 Å². The van der Waals surface area contributed by atoms with E-state index < -0.39 is 0 Å². The normalized spacial score (nSPS) is 22.7. The van der Waals surface area contributed by atoms with Crippen LogP contribution in [0.15, 0.2) is 30.3 Å². The van der Waals surface area contributed by atoms with Gasteiger partial charge in [0.15, 0.2) is 0 Å². The summed E-state index contributed by atoms with van der Waals surface area (Å²) in [7, 11) is 2.06. The Morgan fingerprint density at radius 1 is 1.35 bits per heavy atom. The van der Waals surface area contributed by atoms with E-state index in [1.165, 1.54) is 22.6 Å². The minimum Gasteiger partial charge on any atom is -0.312 e. The summed E-state index contributed by atoms with van der Waals surface area (Å²) in [6.07, 6.45) is 3.42. The number of benzene rings is 1. The zero-order valence-electron chi connectivity index (χ0n) is 12.0. The van der Waals surface area contributed by atoms with Crippen molar-refractivity contribution in [1.29, 1.82) is 0 Å². The third-order valence-electron chi connectivity index (χ3n) is 4.16. The van der Waals surface area contributed by atoms with Crippen LogP contribution in [0.25, 0.3) is 0 Å². The lowest BCUT2D eigenvalue weighted by atomic mass is 10.0. The van der Waals surface area contributed by atoms with Gasteiger partial charge < -0.3 is 5.32 Å². The quantitative estimate of drug-likeness (QED) is 0.883. The van der Waals surface area contributed by atoms with E-state index in [0.29, 0.717) is 17.9 Å². The molecule has 0 aliphatic heterocycles. The molecule has 106 valence electrons. The summed E-state index contributed by atoms with van der Waals surface area (Å²) in [6.45, 7) is 2.20. The van der Waals surface area contributed by atoms with Crippen LogP contribution in [0.2, 0.25) is 0 Å². The van der Waals surface area contributed by atoms with Crippen molar-refractivity contribution in [3.05, 3.63) is 46.5 Å². The number of hydrogen-bond donors (Lipinski definition) is 1. The molecule has 1 N–H and O–H groups in total.